The third-order valence-corrected chi connectivity index (χ3v) is 5.54. The van der Waals surface area contributed by atoms with Gasteiger partial charge in [0.2, 0.25) is 0 Å². The molecule has 3 atom stereocenters. The molecule has 0 aromatic heterocycles. The number of aliphatic hydroxyl groups is 1. The van der Waals surface area contributed by atoms with Gasteiger partial charge in [-0.2, -0.15) is 11.8 Å². The van der Waals surface area contributed by atoms with E-state index in [-0.39, 0.29) is 0 Å². The Bertz CT molecular complexity index is 357. The van der Waals surface area contributed by atoms with Crippen LogP contribution in [-0.4, -0.2) is 35.8 Å². The molecule has 3 unspecified atom stereocenters. The quantitative estimate of drug-likeness (QED) is 0.785. The monoisotopic (exact) mass is 279 g/mol. The van der Waals surface area contributed by atoms with Gasteiger partial charge in [0.15, 0.2) is 0 Å². The number of aliphatic hydroxyl groups excluding tert-OH is 1. The maximum absolute atomic E-state index is 8.92. The molecular weight excluding hydrogens is 254 g/mol. The van der Waals surface area contributed by atoms with Crippen LogP contribution in [0, 0.1) is 0 Å². The van der Waals surface area contributed by atoms with E-state index in [1.165, 1.54) is 24.8 Å². The smallest absolute Gasteiger partial charge is 0.0438 e. The highest BCUT2D eigenvalue weighted by atomic mass is 32.2. The van der Waals surface area contributed by atoms with Crippen LogP contribution in [0.3, 0.4) is 0 Å². The van der Waals surface area contributed by atoms with E-state index < -0.39 is 0 Å². The Labute approximate surface area is 121 Å². The summed E-state index contributed by atoms with van der Waals surface area (Å²) in [5.41, 5.74) is 1.49. The fourth-order valence-corrected chi connectivity index (χ4v) is 4.44. The van der Waals surface area contributed by atoms with Crippen LogP contribution < -0.4 is 5.32 Å². The van der Waals surface area contributed by atoms with Crippen molar-refractivity contribution in [2.24, 2.45) is 0 Å². The summed E-state index contributed by atoms with van der Waals surface area (Å²) in [5, 5.41) is 13.1. The van der Waals surface area contributed by atoms with Gasteiger partial charge >= 0.3 is 0 Å². The van der Waals surface area contributed by atoms with E-state index in [9.17, 15) is 0 Å². The van der Waals surface area contributed by atoms with E-state index in [1.807, 2.05) is 11.8 Å². The summed E-state index contributed by atoms with van der Waals surface area (Å²) in [5.74, 6) is 1.78. The zero-order valence-electron chi connectivity index (χ0n) is 11.7. The van der Waals surface area contributed by atoms with E-state index in [4.69, 9.17) is 5.11 Å². The van der Waals surface area contributed by atoms with Gasteiger partial charge in [-0.05, 0) is 50.0 Å². The van der Waals surface area contributed by atoms with Crippen LogP contribution in [0.2, 0.25) is 0 Å². The highest BCUT2D eigenvalue weighted by molar-refractivity contribution is 7.99. The molecule has 0 aliphatic heterocycles. The second-order valence-corrected chi connectivity index (χ2v) is 6.65. The summed E-state index contributed by atoms with van der Waals surface area (Å²) in [6, 6.07) is 11.5. The molecule has 1 fully saturated rings. The number of nitrogens with one attached hydrogen (secondary N) is 1. The van der Waals surface area contributed by atoms with Gasteiger partial charge in [0.05, 0.1) is 0 Å². The molecule has 0 bridgehead atoms. The minimum Gasteiger partial charge on any atom is -0.396 e. The van der Waals surface area contributed by atoms with Crippen LogP contribution in [0.1, 0.15) is 37.2 Å². The van der Waals surface area contributed by atoms with Crippen molar-refractivity contribution in [3.63, 3.8) is 0 Å². The molecule has 2 N–H and O–H groups in total. The van der Waals surface area contributed by atoms with E-state index in [0.29, 0.717) is 23.8 Å². The summed E-state index contributed by atoms with van der Waals surface area (Å²) >= 11 is 2.03. The number of thioether (sulfide) groups is 1. The summed E-state index contributed by atoms with van der Waals surface area (Å²) in [6.07, 6.45) is 4.71. The molecule has 0 radical (unpaired) electrons. The van der Waals surface area contributed by atoms with Crippen LogP contribution in [-0.2, 0) is 0 Å². The lowest BCUT2D eigenvalue weighted by molar-refractivity contribution is 0.296. The SMILES string of the molecule is CNC1CCC(c2ccccc2)CC1SCCCO. The van der Waals surface area contributed by atoms with E-state index in [0.717, 1.165) is 12.2 Å². The Kier molecular flexibility index (Phi) is 6.21. The summed E-state index contributed by atoms with van der Waals surface area (Å²) < 4.78 is 0. The minimum atomic E-state index is 0.312. The van der Waals surface area contributed by atoms with Crippen molar-refractivity contribution in [2.45, 2.75) is 42.9 Å². The van der Waals surface area contributed by atoms with Gasteiger partial charge in [0.25, 0.3) is 0 Å². The van der Waals surface area contributed by atoms with E-state index in [1.54, 1.807) is 0 Å². The van der Waals surface area contributed by atoms with Crippen molar-refractivity contribution in [1.82, 2.24) is 5.32 Å². The minimum absolute atomic E-state index is 0.312. The second kappa shape index (κ2) is 7.93. The lowest BCUT2D eigenvalue weighted by Gasteiger charge is -2.36. The Morgan fingerprint density at radius 3 is 2.74 bits per heavy atom. The van der Waals surface area contributed by atoms with Gasteiger partial charge in [-0.15, -0.1) is 0 Å². The summed E-state index contributed by atoms with van der Waals surface area (Å²) in [6.45, 7) is 0.312. The second-order valence-electron chi connectivity index (χ2n) is 5.30. The molecule has 2 nitrogen and oxygen atoms in total. The molecule has 1 saturated carbocycles. The predicted octanol–water partition coefficient (Wildman–Crippen LogP) is 3.03. The maximum atomic E-state index is 8.92. The van der Waals surface area contributed by atoms with Gasteiger partial charge in [-0.25, -0.2) is 0 Å². The fourth-order valence-electron chi connectivity index (χ4n) is 2.97. The molecule has 0 spiro atoms. The van der Waals surface area contributed by atoms with Crippen LogP contribution in [0.25, 0.3) is 0 Å². The number of rotatable bonds is 6. The average molecular weight is 279 g/mol. The van der Waals surface area contributed by atoms with Gasteiger partial charge in [0.1, 0.15) is 0 Å². The first kappa shape index (κ1) is 14.9. The maximum Gasteiger partial charge on any atom is 0.0438 e. The molecule has 0 saturated heterocycles. The molecule has 106 valence electrons. The number of hydrogen-bond acceptors (Lipinski definition) is 3. The highest BCUT2D eigenvalue weighted by Gasteiger charge is 2.30. The first-order valence-corrected chi connectivity index (χ1v) is 8.34. The normalized spacial score (nSPS) is 27.4. The zero-order chi connectivity index (χ0) is 13.5. The molecule has 3 heteroatoms. The molecule has 1 aromatic rings. The zero-order valence-corrected chi connectivity index (χ0v) is 12.5. The first-order valence-electron chi connectivity index (χ1n) is 7.29. The van der Waals surface area contributed by atoms with Crippen molar-refractivity contribution >= 4 is 11.8 Å². The first-order chi connectivity index (χ1) is 9.35. The Balaban J connectivity index is 1.95. The van der Waals surface area contributed by atoms with Gasteiger partial charge < -0.3 is 10.4 Å². The standard InChI is InChI=1S/C16H25NOS/c1-17-15-9-8-14(13-6-3-2-4-7-13)12-16(15)19-11-5-10-18/h2-4,6-7,14-18H,5,8-12H2,1H3. The van der Waals surface area contributed by atoms with Crippen molar-refractivity contribution in [2.75, 3.05) is 19.4 Å². The lowest BCUT2D eigenvalue weighted by atomic mass is 9.81. The summed E-state index contributed by atoms with van der Waals surface area (Å²) in [7, 11) is 2.08. The van der Waals surface area contributed by atoms with Crippen molar-refractivity contribution in [1.29, 1.82) is 0 Å². The Morgan fingerprint density at radius 2 is 2.05 bits per heavy atom. The van der Waals surface area contributed by atoms with Crippen LogP contribution in [0.4, 0.5) is 0 Å². The third-order valence-electron chi connectivity index (χ3n) is 4.07. The molecule has 0 amide bonds. The third kappa shape index (κ3) is 4.23. The van der Waals surface area contributed by atoms with Crippen LogP contribution in [0.15, 0.2) is 30.3 Å². The highest BCUT2D eigenvalue weighted by Crippen LogP contribution is 2.38. The largest absolute Gasteiger partial charge is 0.396 e. The van der Waals surface area contributed by atoms with Crippen molar-refractivity contribution in [3.8, 4) is 0 Å². The molecule has 2 rings (SSSR count). The molecule has 19 heavy (non-hydrogen) atoms. The predicted molar refractivity (Wildman–Crippen MR) is 83.8 cm³/mol. The van der Waals surface area contributed by atoms with Gasteiger partial charge in [-0.3, -0.25) is 0 Å². The summed E-state index contributed by atoms with van der Waals surface area (Å²) in [4.78, 5) is 0. The average Bonchev–Trinajstić information content (AvgIpc) is 2.48. The lowest BCUT2D eigenvalue weighted by Crippen LogP contribution is -2.40. The van der Waals surface area contributed by atoms with Crippen molar-refractivity contribution in [3.05, 3.63) is 35.9 Å². The molecule has 0 heterocycles. The van der Waals surface area contributed by atoms with E-state index in [2.05, 4.69) is 42.7 Å². The van der Waals surface area contributed by atoms with Crippen LogP contribution in [0.5, 0.6) is 0 Å². The van der Waals surface area contributed by atoms with E-state index >= 15 is 0 Å². The van der Waals surface area contributed by atoms with Gasteiger partial charge in [-0.1, -0.05) is 30.3 Å². The van der Waals surface area contributed by atoms with Gasteiger partial charge in [0, 0.05) is 17.9 Å². The molecule has 1 aliphatic carbocycles. The molecular formula is C16H25NOS. The topological polar surface area (TPSA) is 32.3 Å². The Hall–Kier alpha value is -0.510. The molecule has 1 aromatic carbocycles. The van der Waals surface area contributed by atoms with Crippen molar-refractivity contribution < 1.29 is 5.11 Å². The fraction of sp³-hybridized carbons (Fsp3) is 0.625. The Morgan fingerprint density at radius 1 is 1.26 bits per heavy atom. The molecule has 1 aliphatic rings. The number of benzene rings is 1. The van der Waals surface area contributed by atoms with Crippen LogP contribution >= 0.6 is 11.8 Å². The number of hydrogen-bond donors (Lipinski definition) is 2.